The minimum absolute atomic E-state index is 0.475. The molecule has 0 unspecified atom stereocenters. The van der Waals surface area contributed by atoms with Crippen molar-refractivity contribution < 1.29 is 0 Å². The van der Waals surface area contributed by atoms with Crippen molar-refractivity contribution >= 4 is 18.3 Å². The summed E-state index contributed by atoms with van der Waals surface area (Å²) in [6.07, 6.45) is 0. The Balaban J connectivity index is 3.11. The Morgan fingerprint density at radius 1 is 1.75 bits per heavy atom. The quantitative estimate of drug-likeness (QED) is 0.262. The zero-order valence-electron chi connectivity index (χ0n) is 4.65. The van der Waals surface area contributed by atoms with Gasteiger partial charge >= 0.3 is 0 Å². The summed E-state index contributed by atoms with van der Waals surface area (Å²) >= 11 is 5.39. The smallest absolute Gasteiger partial charge is 0.0548 e. The van der Waals surface area contributed by atoms with Crippen LogP contribution in [0.4, 0.5) is 0 Å². The summed E-state index contributed by atoms with van der Waals surface area (Å²) in [5, 5.41) is 3.40. The number of hydrazone groups is 1. The number of alkyl halides is 1. The molecule has 0 amide bonds. The number of nitrogens with zero attached hydrogens (tertiary/aromatic N) is 1. The first-order valence-corrected chi connectivity index (χ1v) is 2.76. The van der Waals surface area contributed by atoms with Crippen LogP contribution in [0.1, 0.15) is 0 Å². The number of halogens is 1. The maximum Gasteiger partial charge on any atom is 0.0548 e. The molecular formula is C5H9ClN2. The highest BCUT2D eigenvalue weighted by molar-refractivity contribution is 6.19. The molecule has 2 nitrogen and oxygen atoms in total. The predicted molar refractivity (Wildman–Crippen MR) is 37.4 cm³/mol. The van der Waals surface area contributed by atoms with E-state index in [0.717, 1.165) is 5.57 Å². The van der Waals surface area contributed by atoms with E-state index in [4.69, 9.17) is 11.6 Å². The predicted octanol–water partition coefficient (Wildman–Crippen LogP) is 0.987. The molecule has 0 rings (SSSR count). The van der Waals surface area contributed by atoms with Crippen molar-refractivity contribution in [1.29, 1.82) is 0 Å². The largest absolute Gasteiger partial charge is 0.307 e. The summed E-state index contributed by atoms with van der Waals surface area (Å²) in [6.45, 7) is 7.47. The summed E-state index contributed by atoms with van der Waals surface area (Å²) < 4.78 is 0. The molecule has 3 heteroatoms. The SMILES string of the molecule is C=NNCC(=C)CCl. The second-order valence-electron chi connectivity index (χ2n) is 1.38. The van der Waals surface area contributed by atoms with Gasteiger partial charge in [0.2, 0.25) is 0 Å². The third kappa shape index (κ3) is 3.68. The second kappa shape index (κ2) is 4.65. The topological polar surface area (TPSA) is 24.4 Å². The Kier molecular flexibility index (Phi) is 4.36. The van der Waals surface area contributed by atoms with E-state index in [0.29, 0.717) is 12.4 Å². The number of hydrogen-bond donors (Lipinski definition) is 1. The van der Waals surface area contributed by atoms with Gasteiger partial charge in [-0.1, -0.05) is 6.58 Å². The van der Waals surface area contributed by atoms with Crippen molar-refractivity contribution in [1.82, 2.24) is 5.43 Å². The van der Waals surface area contributed by atoms with Crippen LogP contribution in [0.2, 0.25) is 0 Å². The standard InChI is InChI=1S/C5H9ClN2/c1-5(3-6)4-8-7-2/h8H,1-4H2. The molecule has 0 heterocycles. The van der Waals surface area contributed by atoms with E-state index in [1.165, 1.54) is 0 Å². The molecule has 0 aromatic rings. The first kappa shape index (κ1) is 7.50. The number of nitrogens with one attached hydrogen (secondary N) is 1. The molecule has 0 bridgehead atoms. The van der Waals surface area contributed by atoms with Gasteiger partial charge in [0.1, 0.15) is 0 Å². The molecule has 0 aromatic carbocycles. The Morgan fingerprint density at radius 2 is 2.38 bits per heavy atom. The lowest BCUT2D eigenvalue weighted by Crippen LogP contribution is -2.08. The minimum atomic E-state index is 0.475. The molecule has 0 spiro atoms. The lowest BCUT2D eigenvalue weighted by atomic mass is 10.4. The van der Waals surface area contributed by atoms with Gasteiger partial charge in [0.25, 0.3) is 0 Å². The molecule has 0 saturated heterocycles. The summed E-state index contributed by atoms with van der Waals surface area (Å²) in [6, 6.07) is 0. The van der Waals surface area contributed by atoms with Crippen molar-refractivity contribution in [2.75, 3.05) is 12.4 Å². The third-order valence-electron chi connectivity index (χ3n) is 0.630. The summed E-state index contributed by atoms with van der Waals surface area (Å²) in [5.41, 5.74) is 3.54. The highest BCUT2D eigenvalue weighted by Gasteiger charge is 1.85. The normalized spacial score (nSPS) is 8.12. The molecule has 0 fully saturated rings. The van der Waals surface area contributed by atoms with Gasteiger partial charge < -0.3 is 5.43 Å². The molecule has 1 N–H and O–H groups in total. The molecule has 8 heavy (non-hydrogen) atoms. The van der Waals surface area contributed by atoms with Gasteiger partial charge in [-0.2, -0.15) is 5.10 Å². The van der Waals surface area contributed by atoms with Gasteiger partial charge in [0, 0.05) is 12.6 Å². The molecule has 0 radical (unpaired) electrons. The Morgan fingerprint density at radius 3 is 2.75 bits per heavy atom. The Hall–Kier alpha value is -0.500. The van der Waals surface area contributed by atoms with E-state index in [9.17, 15) is 0 Å². The first-order valence-electron chi connectivity index (χ1n) is 2.22. The number of hydrogen-bond acceptors (Lipinski definition) is 2. The molecule has 0 aliphatic heterocycles. The van der Waals surface area contributed by atoms with Crippen LogP contribution in [0.15, 0.2) is 17.3 Å². The van der Waals surface area contributed by atoms with Crippen LogP contribution in [-0.4, -0.2) is 19.1 Å². The van der Waals surface area contributed by atoms with Crippen molar-refractivity contribution in [2.45, 2.75) is 0 Å². The fourth-order valence-corrected chi connectivity index (χ4v) is 0.309. The van der Waals surface area contributed by atoms with Crippen LogP contribution < -0.4 is 5.43 Å². The Labute approximate surface area is 54.2 Å². The fraction of sp³-hybridized carbons (Fsp3) is 0.400. The maximum absolute atomic E-state index is 5.39. The highest BCUT2D eigenvalue weighted by Crippen LogP contribution is 1.89. The molecule has 0 saturated carbocycles. The summed E-state index contributed by atoms with van der Waals surface area (Å²) in [5.74, 6) is 0.475. The lowest BCUT2D eigenvalue weighted by Gasteiger charge is -1.97. The van der Waals surface area contributed by atoms with E-state index in [1.54, 1.807) is 0 Å². The van der Waals surface area contributed by atoms with Gasteiger partial charge in [-0.15, -0.1) is 11.6 Å². The third-order valence-corrected chi connectivity index (χ3v) is 1.01. The zero-order valence-corrected chi connectivity index (χ0v) is 5.41. The van der Waals surface area contributed by atoms with Gasteiger partial charge in [0.15, 0.2) is 0 Å². The van der Waals surface area contributed by atoms with Crippen LogP contribution in [0.5, 0.6) is 0 Å². The average Bonchev–Trinajstić information content (AvgIpc) is 1.83. The average molecular weight is 133 g/mol. The first-order chi connectivity index (χ1) is 3.81. The van der Waals surface area contributed by atoms with Crippen molar-refractivity contribution in [3.8, 4) is 0 Å². The Bertz CT molecular complexity index is 90.4. The number of rotatable bonds is 4. The second-order valence-corrected chi connectivity index (χ2v) is 1.64. The van der Waals surface area contributed by atoms with Crippen molar-refractivity contribution in [2.24, 2.45) is 5.10 Å². The van der Waals surface area contributed by atoms with E-state index in [1.807, 2.05) is 0 Å². The maximum atomic E-state index is 5.39. The monoisotopic (exact) mass is 132 g/mol. The van der Waals surface area contributed by atoms with Crippen molar-refractivity contribution in [3.05, 3.63) is 12.2 Å². The van der Waals surface area contributed by atoms with Crippen molar-refractivity contribution in [3.63, 3.8) is 0 Å². The fourth-order valence-electron chi connectivity index (χ4n) is 0.215. The van der Waals surface area contributed by atoms with E-state index >= 15 is 0 Å². The molecule has 0 aliphatic carbocycles. The highest BCUT2D eigenvalue weighted by atomic mass is 35.5. The minimum Gasteiger partial charge on any atom is -0.307 e. The van der Waals surface area contributed by atoms with Crippen LogP contribution in [0, 0.1) is 0 Å². The molecular weight excluding hydrogens is 124 g/mol. The summed E-state index contributed by atoms with van der Waals surface area (Å²) in [7, 11) is 0. The molecule has 0 aromatic heterocycles. The van der Waals surface area contributed by atoms with Crippen LogP contribution in [0.25, 0.3) is 0 Å². The van der Waals surface area contributed by atoms with Crippen LogP contribution in [0.3, 0.4) is 0 Å². The van der Waals surface area contributed by atoms with Gasteiger partial charge in [-0.05, 0) is 5.57 Å². The van der Waals surface area contributed by atoms with Gasteiger partial charge in [-0.25, -0.2) is 0 Å². The zero-order chi connectivity index (χ0) is 6.41. The van der Waals surface area contributed by atoms with Gasteiger partial charge in [-0.3, -0.25) is 0 Å². The van der Waals surface area contributed by atoms with Crippen LogP contribution >= 0.6 is 11.6 Å². The molecule has 0 aliphatic rings. The van der Waals surface area contributed by atoms with E-state index in [-0.39, 0.29) is 0 Å². The van der Waals surface area contributed by atoms with Crippen LogP contribution in [-0.2, 0) is 0 Å². The molecule has 46 valence electrons. The molecule has 0 atom stereocenters. The van der Waals surface area contributed by atoms with E-state index < -0.39 is 0 Å². The van der Waals surface area contributed by atoms with Gasteiger partial charge in [0.05, 0.1) is 6.54 Å². The van der Waals surface area contributed by atoms with E-state index in [2.05, 4.69) is 23.8 Å². The summed E-state index contributed by atoms with van der Waals surface area (Å²) in [4.78, 5) is 0. The lowest BCUT2D eigenvalue weighted by molar-refractivity contribution is 0.809.